The first-order chi connectivity index (χ1) is 15.4. The van der Waals surface area contributed by atoms with Gasteiger partial charge in [0.05, 0.1) is 28.5 Å². The van der Waals surface area contributed by atoms with E-state index in [1.54, 1.807) is 37.3 Å². The number of carbonyl (C=O) groups is 3. The fourth-order valence-electron chi connectivity index (χ4n) is 2.38. The molecule has 0 atom stereocenters. The van der Waals surface area contributed by atoms with Crippen molar-refractivity contribution in [3.05, 3.63) is 63.6 Å². The molecule has 0 saturated carbocycles. The Bertz CT molecular complexity index is 1140. The zero-order valence-corrected chi connectivity index (χ0v) is 19.7. The summed E-state index contributed by atoms with van der Waals surface area (Å²) in [6.07, 6.45) is 0. The second-order valence-corrected chi connectivity index (χ2v) is 9.13. The lowest BCUT2D eigenvalue weighted by Gasteiger charge is -2.06. The number of halogens is 2. The minimum Gasteiger partial charge on any atom is -0.462 e. The molecule has 3 aromatic rings. The van der Waals surface area contributed by atoms with E-state index in [1.807, 2.05) is 0 Å². The summed E-state index contributed by atoms with van der Waals surface area (Å²) in [4.78, 5) is 36.2. The normalized spacial score (nSPS) is 10.5. The van der Waals surface area contributed by atoms with Gasteiger partial charge in [0, 0.05) is 10.7 Å². The van der Waals surface area contributed by atoms with Crippen molar-refractivity contribution in [2.45, 2.75) is 11.3 Å². The monoisotopic (exact) mass is 510 g/mol. The SMILES string of the molecule is CCOC(=O)c1ccc(NC(=O)CSc2nnc(NC(=O)c3cc(Cl)ccc3Cl)s2)cc1. The number of hydrogen-bond acceptors (Lipinski definition) is 8. The lowest BCUT2D eigenvalue weighted by atomic mass is 10.2. The molecule has 0 fully saturated rings. The third kappa shape index (κ3) is 6.67. The van der Waals surface area contributed by atoms with Crippen LogP contribution in [0, 0.1) is 0 Å². The topological polar surface area (TPSA) is 110 Å². The molecule has 12 heteroatoms. The van der Waals surface area contributed by atoms with Crippen molar-refractivity contribution in [1.82, 2.24) is 10.2 Å². The highest BCUT2D eigenvalue weighted by molar-refractivity contribution is 8.01. The minimum atomic E-state index is -0.464. The summed E-state index contributed by atoms with van der Waals surface area (Å²) in [7, 11) is 0. The summed E-state index contributed by atoms with van der Waals surface area (Å²) >= 11 is 14.2. The Labute approximate surface area is 201 Å². The molecule has 1 aromatic heterocycles. The number of nitrogens with zero attached hydrogens (tertiary/aromatic N) is 2. The van der Waals surface area contributed by atoms with Crippen LogP contribution in [0.3, 0.4) is 0 Å². The molecule has 0 aliphatic rings. The number of anilines is 2. The van der Waals surface area contributed by atoms with E-state index in [-0.39, 0.29) is 27.4 Å². The van der Waals surface area contributed by atoms with Crippen LogP contribution < -0.4 is 10.6 Å². The smallest absolute Gasteiger partial charge is 0.338 e. The third-order valence-electron chi connectivity index (χ3n) is 3.81. The fourth-order valence-corrected chi connectivity index (χ4v) is 4.31. The van der Waals surface area contributed by atoms with Gasteiger partial charge in [-0.2, -0.15) is 0 Å². The zero-order valence-electron chi connectivity index (χ0n) is 16.6. The molecule has 0 aliphatic carbocycles. The number of amides is 2. The van der Waals surface area contributed by atoms with Crippen molar-refractivity contribution in [2.75, 3.05) is 23.0 Å². The quantitative estimate of drug-likeness (QED) is 0.249. The number of rotatable bonds is 8. The number of aromatic nitrogens is 2. The van der Waals surface area contributed by atoms with Gasteiger partial charge in [0.15, 0.2) is 4.34 Å². The molecule has 8 nitrogen and oxygen atoms in total. The number of benzene rings is 2. The number of hydrogen-bond donors (Lipinski definition) is 2. The summed E-state index contributed by atoms with van der Waals surface area (Å²) in [6.45, 7) is 2.02. The van der Waals surface area contributed by atoms with Crippen LogP contribution in [0.1, 0.15) is 27.6 Å². The highest BCUT2D eigenvalue weighted by atomic mass is 35.5. The largest absolute Gasteiger partial charge is 0.462 e. The molecule has 0 bridgehead atoms. The van der Waals surface area contributed by atoms with Gasteiger partial charge in [0.1, 0.15) is 0 Å². The molecule has 0 aliphatic heterocycles. The van der Waals surface area contributed by atoms with Crippen LogP contribution in [-0.4, -0.2) is 40.3 Å². The highest BCUT2D eigenvalue weighted by Crippen LogP contribution is 2.27. The van der Waals surface area contributed by atoms with Crippen molar-refractivity contribution in [3.63, 3.8) is 0 Å². The van der Waals surface area contributed by atoms with Crippen LogP contribution >= 0.6 is 46.3 Å². The molecule has 2 amide bonds. The van der Waals surface area contributed by atoms with Crippen LogP contribution in [0.4, 0.5) is 10.8 Å². The van der Waals surface area contributed by atoms with E-state index in [0.29, 0.717) is 27.2 Å². The lowest BCUT2D eigenvalue weighted by molar-refractivity contribution is -0.113. The van der Waals surface area contributed by atoms with E-state index in [1.165, 1.54) is 23.9 Å². The van der Waals surface area contributed by atoms with Gasteiger partial charge in [-0.3, -0.25) is 14.9 Å². The maximum Gasteiger partial charge on any atom is 0.338 e. The molecular formula is C20H16Cl2N4O4S2. The van der Waals surface area contributed by atoms with E-state index in [2.05, 4.69) is 20.8 Å². The summed E-state index contributed by atoms with van der Waals surface area (Å²) < 4.78 is 5.42. The van der Waals surface area contributed by atoms with Crippen LogP contribution in [-0.2, 0) is 9.53 Å². The van der Waals surface area contributed by atoms with Crippen molar-refractivity contribution in [1.29, 1.82) is 0 Å². The van der Waals surface area contributed by atoms with Gasteiger partial charge in [0.2, 0.25) is 11.0 Å². The lowest BCUT2D eigenvalue weighted by Crippen LogP contribution is -2.14. The van der Waals surface area contributed by atoms with Gasteiger partial charge < -0.3 is 10.1 Å². The van der Waals surface area contributed by atoms with E-state index >= 15 is 0 Å². The van der Waals surface area contributed by atoms with Crippen molar-refractivity contribution in [2.24, 2.45) is 0 Å². The summed E-state index contributed by atoms with van der Waals surface area (Å²) in [5, 5.41) is 14.1. The Hall–Kier alpha value is -2.66. The standard InChI is InChI=1S/C20H16Cl2N4O4S2/c1-2-30-18(29)11-3-6-13(7-4-11)23-16(27)10-31-20-26-25-19(32-20)24-17(28)14-9-12(21)5-8-15(14)22/h3-9H,2,10H2,1H3,(H,23,27)(H,24,25,28). The van der Waals surface area contributed by atoms with E-state index in [9.17, 15) is 14.4 Å². The maximum atomic E-state index is 12.4. The summed E-state index contributed by atoms with van der Waals surface area (Å²) in [5.41, 5.74) is 1.17. The van der Waals surface area contributed by atoms with E-state index < -0.39 is 11.9 Å². The molecule has 3 rings (SSSR count). The minimum absolute atomic E-state index is 0.0856. The summed E-state index contributed by atoms with van der Waals surface area (Å²) in [6, 6.07) is 11.0. The first-order valence-corrected chi connectivity index (χ1v) is 11.7. The Morgan fingerprint density at radius 1 is 1.06 bits per heavy atom. The second kappa shape index (κ2) is 11.3. The van der Waals surface area contributed by atoms with E-state index in [4.69, 9.17) is 27.9 Å². The Balaban J connectivity index is 1.50. The Morgan fingerprint density at radius 2 is 1.81 bits per heavy atom. The maximum absolute atomic E-state index is 12.4. The number of ether oxygens (including phenoxy) is 1. The van der Waals surface area contributed by atoms with Crippen LogP contribution in [0.5, 0.6) is 0 Å². The molecular weight excluding hydrogens is 495 g/mol. The molecule has 2 aromatic carbocycles. The van der Waals surface area contributed by atoms with Gasteiger partial charge in [-0.25, -0.2) is 4.79 Å². The second-order valence-electron chi connectivity index (χ2n) is 6.09. The van der Waals surface area contributed by atoms with Crippen LogP contribution in [0.25, 0.3) is 0 Å². The molecule has 0 saturated heterocycles. The van der Waals surface area contributed by atoms with Crippen molar-refractivity contribution < 1.29 is 19.1 Å². The molecule has 166 valence electrons. The Morgan fingerprint density at radius 3 is 2.53 bits per heavy atom. The molecule has 0 radical (unpaired) electrons. The summed E-state index contributed by atoms with van der Waals surface area (Å²) in [5.74, 6) is -1.06. The predicted molar refractivity (Wildman–Crippen MR) is 126 cm³/mol. The molecule has 1 heterocycles. The fraction of sp³-hybridized carbons (Fsp3) is 0.150. The predicted octanol–water partition coefficient (Wildman–Crippen LogP) is 5.00. The van der Waals surface area contributed by atoms with Crippen LogP contribution in [0.2, 0.25) is 10.0 Å². The molecule has 2 N–H and O–H groups in total. The first kappa shape index (κ1) is 24.0. The number of esters is 1. The van der Waals surface area contributed by atoms with Gasteiger partial charge in [-0.05, 0) is 49.4 Å². The molecule has 0 unspecified atom stereocenters. The highest BCUT2D eigenvalue weighted by Gasteiger charge is 2.15. The Kier molecular flexibility index (Phi) is 8.46. The van der Waals surface area contributed by atoms with Gasteiger partial charge in [0.25, 0.3) is 5.91 Å². The van der Waals surface area contributed by atoms with Crippen molar-refractivity contribution in [3.8, 4) is 0 Å². The third-order valence-corrected chi connectivity index (χ3v) is 6.34. The van der Waals surface area contributed by atoms with Gasteiger partial charge in [-0.1, -0.05) is 46.3 Å². The number of nitrogens with one attached hydrogen (secondary N) is 2. The molecule has 32 heavy (non-hydrogen) atoms. The van der Waals surface area contributed by atoms with E-state index in [0.717, 1.165) is 11.3 Å². The van der Waals surface area contributed by atoms with Crippen LogP contribution in [0.15, 0.2) is 46.8 Å². The average Bonchev–Trinajstić information content (AvgIpc) is 3.22. The van der Waals surface area contributed by atoms with Gasteiger partial charge in [-0.15, -0.1) is 10.2 Å². The zero-order chi connectivity index (χ0) is 23.1. The number of thioether (sulfide) groups is 1. The number of carbonyl (C=O) groups excluding carboxylic acids is 3. The average molecular weight is 511 g/mol. The van der Waals surface area contributed by atoms with Crippen molar-refractivity contribution >= 4 is 74.9 Å². The first-order valence-electron chi connectivity index (χ1n) is 9.15. The molecule has 0 spiro atoms. The van der Waals surface area contributed by atoms with Gasteiger partial charge >= 0.3 is 5.97 Å².